The van der Waals surface area contributed by atoms with Crippen molar-refractivity contribution in [1.29, 1.82) is 0 Å². The number of carbonyl (C=O) groups is 2. The third-order valence-corrected chi connectivity index (χ3v) is 4.24. The standard InChI is InChI=1S/C16H26N2O2S/c1-3-5-6-13(4-2)11-18-15(19)7-9-17-16(20)14-8-10-21-12-14/h8,10,12-13H,3-7,9,11H2,1-2H3,(H,17,20)(H,18,19). The van der Waals surface area contributed by atoms with Crippen LogP contribution in [0.2, 0.25) is 0 Å². The Morgan fingerprint density at radius 3 is 2.71 bits per heavy atom. The smallest absolute Gasteiger partial charge is 0.252 e. The minimum Gasteiger partial charge on any atom is -0.356 e. The Bertz CT molecular complexity index is 418. The van der Waals surface area contributed by atoms with Crippen LogP contribution >= 0.6 is 11.3 Å². The van der Waals surface area contributed by atoms with E-state index in [2.05, 4.69) is 24.5 Å². The van der Waals surface area contributed by atoms with Gasteiger partial charge in [-0.1, -0.05) is 33.1 Å². The molecule has 0 bridgehead atoms. The molecule has 0 saturated carbocycles. The summed E-state index contributed by atoms with van der Waals surface area (Å²) >= 11 is 1.49. The summed E-state index contributed by atoms with van der Waals surface area (Å²) in [6.45, 7) is 5.47. The Hall–Kier alpha value is -1.36. The molecule has 1 aromatic rings. The molecule has 1 heterocycles. The predicted molar refractivity (Wildman–Crippen MR) is 87.6 cm³/mol. The lowest BCUT2D eigenvalue weighted by Crippen LogP contribution is -2.33. The Kier molecular flexibility index (Phi) is 8.74. The molecule has 5 heteroatoms. The summed E-state index contributed by atoms with van der Waals surface area (Å²) in [6.07, 6.45) is 5.00. The lowest BCUT2D eigenvalue weighted by atomic mass is 9.99. The van der Waals surface area contributed by atoms with Gasteiger partial charge < -0.3 is 10.6 Å². The third kappa shape index (κ3) is 7.27. The predicted octanol–water partition coefficient (Wildman–Crippen LogP) is 3.20. The summed E-state index contributed by atoms with van der Waals surface area (Å²) in [5, 5.41) is 9.39. The number of hydrogen-bond donors (Lipinski definition) is 2. The molecule has 0 aliphatic heterocycles. The van der Waals surface area contributed by atoms with Gasteiger partial charge in [-0.25, -0.2) is 0 Å². The van der Waals surface area contributed by atoms with Crippen LogP contribution in [-0.4, -0.2) is 24.9 Å². The van der Waals surface area contributed by atoms with E-state index in [0.29, 0.717) is 24.4 Å². The lowest BCUT2D eigenvalue weighted by molar-refractivity contribution is -0.121. The molecule has 0 fully saturated rings. The normalized spacial score (nSPS) is 11.9. The molecule has 1 unspecified atom stereocenters. The van der Waals surface area contributed by atoms with Crippen molar-refractivity contribution in [3.8, 4) is 0 Å². The summed E-state index contributed by atoms with van der Waals surface area (Å²) < 4.78 is 0. The van der Waals surface area contributed by atoms with E-state index in [1.54, 1.807) is 11.4 Å². The highest BCUT2D eigenvalue weighted by Crippen LogP contribution is 2.11. The highest BCUT2D eigenvalue weighted by Gasteiger charge is 2.09. The minimum absolute atomic E-state index is 0.00978. The largest absolute Gasteiger partial charge is 0.356 e. The van der Waals surface area contributed by atoms with Gasteiger partial charge >= 0.3 is 0 Å². The van der Waals surface area contributed by atoms with Gasteiger partial charge in [-0.15, -0.1) is 0 Å². The molecule has 118 valence electrons. The first-order valence-corrected chi connectivity index (χ1v) is 8.68. The molecule has 0 aliphatic carbocycles. The monoisotopic (exact) mass is 310 g/mol. The lowest BCUT2D eigenvalue weighted by Gasteiger charge is -2.15. The summed E-state index contributed by atoms with van der Waals surface area (Å²) in [5.41, 5.74) is 0.658. The van der Waals surface area contributed by atoms with Crippen LogP contribution in [0.1, 0.15) is 56.3 Å². The molecule has 0 aromatic carbocycles. The van der Waals surface area contributed by atoms with E-state index < -0.39 is 0 Å². The van der Waals surface area contributed by atoms with Gasteiger partial charge in [0, 0.05) is 30.5 Å². The van der Waals surface area contributed by atoms with Gasteiger partial charge in [0.2, 0.25) is 5.91 Å². The summed E-state index contributed by atoms with van der Waals surface area (Å²) in [4.78, 5) is 23.4. The topological polar surface area (TPSA) is 58.2 Å². The highest BCUT2D eigenvalue weighted by molar-refractivity contribution is 7.08. The molecule has 0 spiro atoms. The van der Waals surface area contributed by atoms with Crippen LogP contribution in [0.4, 0.5) is 0 Å². The molecule has 4 nitrogen and oxygen atoms in total. The zero-order valence-electron chi connectivity index (χ0n) is 13.0. The van der Waals surface area contributed by atoms with Crippen LogP contribution in [-0.2, 0) is 4.79 Å². The molecule has 21 heavy (non-hydrogen) atoms. The molecule has 1 aromatic heterocycles. The first-order valence-electron chi connectivity index (χ1n) is 7.74. The fourth-order valence-corrected chi connectivity index (χ4v) is 2.71. The van der Waals surface area contributed by atoms with Gasteiger partial charge in [-0.2, -0.15) is 11.3 Å². The number of thiophene rings is 1. The van der Waals surface area contributed by atoms with E-state index in [0.717, 1.165) is 13.0 Å². The van der Waals surface area contributed by atoms with Gasteiger partial charge in [0.25, 0.3) is 5.91 Å². The van der Waals surface area contributed by atoms with Crippen LogP contribution in [0.3, 0.4) is 0 Å². The van der Waals surface area contributed by atoms with Gasteiger partial charge in [-0.05, 0) is 23.8 Å². The molecule has 1 atom stereocenters. The number of unbranched alkanes of at least 4 members (excludes halogenated alkanes) is 1. The van der Waals surface area contributed by atoms with Crippen molar-refractivity contribution in [3.05, 3.63) is 22.4 Å². The molecule has 2 amide bonds. The van der Waals surface area contributed by atoms with Gasteiger partial charge in [0.1, 0.15) is 0 Å². The first-order chi connectivity index (χ1) is 10.2. The van der Waals surface area contributed by atoms with Crippen LogP contribution in [0, 0.1) is 5.92 Å². The van der Waals surface area contributed by atoms with E-state index in [-0.39, 0.29) is 11.8 Å². The summed E-state index contributed by atoms with van der Waals surface area (Å²) in [7, 11) is 0. The van der Waals surface area contributed by atoms with E-state index in [1.165, 1.54) is 30.6 Å². The summed E-state index contributed by atoms with van der Waals surface area (Å²) in [6, 6.07) is 1.78. The van der Waals surface area contributed by atoms with Gasteiger partial charge in [0.05, 0.1) is 0 Å². The maximum atomic E-state index is 11.7. The second-order valence-corrected chi connectivity index (χ2v) is 6.02. The highest BCUT2D eigenvalue weighted by atomic mass is 32.1. The van der Waals surface area contributed by atoms with Crippen molar-refractivity contribution in [2.75, 3.05) is 13.1 Å². The zero-order valence-corrected chi connectivity index (χ0v) is 13.8. The number of amides is 2. The van der Waals surface area contributed by atoms with E-state index in [9.17, 15) is 9.59 Å². The maximum Gasteiger partial charge on any atom is 0.252 e. The molecule has 1 rings (SSSR count). The zero-order chi connectivity index (χ0) is 15.5. The Labute approximate surface area is 131 Å². The van der Waals surface area contributed by atoms with Crippen molar-refractivity contribution < 1.29 is 9.59 Å². The average molecular weight is 310 g/mol. The van der Waals surface area contributed by atoms with Crippen LogP contribution in [0.15, 0.2) is 16.8 Å². The Morgan fingerprint density at radius 2 is 2.10 bits per heavy atom. The van der Waals surface area contributed by atoms with Gasteiger partial charge in [0.15, 0.2) is 0 Å². The molecule has 0 saturated heterocycles. The van der Waals surface area contributed by atoms with Crippen LogP contribution in [0.5, 0.6) is 0 Å². The van der Waals surface area contributed by atoms with E-state index in [4.69, 9.17) is 0 Å². The first kappa shape index (κ1) is 17.7. The number of rotatable bonds is 10. The minimum atomic E-state index is -0.113. The molecule has 0 radical (unpaired) electrons. The fourth-order valence-electron chi connectivity index (χ4n) is 2.08. The Morgan fingerprint density at radius 1 is 1.29 bits per heavy atom. The number of hydrogen-bond acceptors (Lipinski definition) is 3. The van der Waals surface area contributed by atoms with Crippen LogP contribution in [0.25, 0.3) is 0 Å². The second kappa shape index (κ2) is 10.4. The van der Waals surface area contributed by atoms with Gasteiger partial charge in [-0.3, -0.25) is 9.59 Å². The second-order valence-electron chi connectivity index (χ2n) is 5.24. The SMILES string of the molecule is CCCCC(CC)CNC(=O)CCNC(=O)c1ccsc1. The van der Waals surface area contributed by atoms with Crippen molar-refractivity contribution in [3.63, 3.8) is 0 Å². The quantitative estimate of drug-likeness (QED) is 0.697. The van der Waals surface area contributed by atoms with Crippen molar-refractivity contribution in [1.82, 2.24) is 10.6 Å². The fraction of sp³-hybridized carbons (Fsp3) is 0.625. The Balaban J connectivity index is 2.14. The van der Waals surface area contributed by atoms with Crippen molar-refractivity contribution in [2.45, 2.75) is 46.0 Å². The summed E-state index contributed by atoms with van der Waals surface area (Å²) in [5.74, 6) is 0.461. The number of nitrogens with one attached hydrogen (secondary N) is 2. The van der Waals surface area contributed by atoms with Crippen molar-refractivity contribution in [2.24, 2.45) is 5.92 Å². The maximum absolute atomic E-state index is 11.7. The van der Waals surface area contributed by atoms with E-state index >= 15 is 0 Å². The molecular formula is C16H26N2O2S. The number of carbonyl (C=O) groups excluding carboxylic acids is 2. The molecular weight excluding hydrogens is 284 g/mol. The van der Waals surface area contributed by atoms with Crippen molar-refractivity contribution >= 4 is 23.2 Å². The van der Waals surface area contributed by atoms with Crippen LogP contribution < -0.4 is 10.6 Å². The third-order valence-electron chi connectivity index (χ3n) is 3.55. The molecule has 2 N–H and O–H groups in total. The average Bonchev–Trinajstić information content (AvgIpc) is 3.01. The van der Waals surface area contributed by atoms with E-state index in [1.807, 2.05) is 5.38 Å². The molecule has 0 aliphatic rings.